The smallest absolute Gasteiger partial charge is 0.224 e. The lowest BCUT2D eigenvalue weighted by molar-refractivity contribution is -0.132. The molecular weight excluding hydrogens is 366 g/mol. The third kappa shape index (κ3) is 6.06. The van der Waals surface area contributed by atoms with Crippen LogP contribution in [-0.4, -0.2) is 61.4 Å². The van der Waals surface area contributed by atoms with Crippen molar-refractivity contribution in [3.63, 3.8) is 0 Å². The Morgan fingerprint density at radius 2 is 1.62 bits per heavy atom. The number of likely N-dealkylation sites (N-methyl/N-ethyl adjacent to an activating group) is 1. The first kappa shape index (κ1) is 20.9. The fraction of sp³-hybridized carbons (Fsp3) is 0.391. The van der Waals surface area contributed by atoms with E-state index >= 15 is 0 Å². The molecule has 3 rings (SSSR count). The normalized spacial score (nSPS) is 14.5. The van der Waals surface area contributed by atoms with Crippen molar-refractivity contribution in [3.8, 4) is 5.75 Å². The molecule has 0 saturated carbocycles. The Morgan fingerprint density at radius 3 is 2.24 bits per heavy atom. The first-order valence-electron chi connectivity index (χ1n) is 10.0. The van der Waals surface area contributed by atoms with Crippen LogP contribution in [0.2, 0.25) is 0 Å². The molecule has 2 aromatic rings. The summed E-state index contributed by atoms with van der Waals surface area (Å²) in [7, 11) is 2.06. The fourth-order valence-corrected chi connectivity index (χ4v) is 3.35. The van der Waals surface area contributed by atoms with Gasteiger partial charge in [0, 0.05) is 51.8 Å². The predicted molar refractivity (Wildman–Crippen MR) is 114 cm³/mol. The molecule has 6 heteroatoms. The molecular formula is C23H29N3O3. The van der Waals surface area contributed by atoms with Crippen molar-refractivity contribution in [2.24, 2.45) is 0 Å². The topological polar surface area (TPSA) is 53.1 Å². The molecule has 0 radical (unpaired) electrons. The fourth-order valence-electron chi connectivity index (χ4n) is 3.35. The molecule has 0 atom stereocenters. The van der Waals surface area contributed by atoms with Gasteiger partial charge in [-0.3, -0.25) is 9.59 Å². The Bertz CT molecular complexity index is 800. The predicted octanol–water partition coefficient (Wildman–Crippen LogP) is 2.78. The van der Waals surface area contributed by atoms with E-state index in [9.17, 15) is 9.59 Å². The number of ether oxygens (including phenoxy) is 1. The SMILES string of the molecule is CC(=O)N(CCC(=O)N1CCN(C)CC1)c1ccc(OCc2ccccc2)cc1. The zero-order valence-corrected chi connectivity index (χ0v) is 17.2. The Kier molecular flexibility index (Phi) is 7.25. The number of piperazine rings is 1. The van der Waals surface area contributed by atoms with Crippen molar-refractivity contribution in [2.45, 2.75) is 20.0 Å². The van der Waals surface area contributed by atoms with Gasteiger partial charge in [-0.25, -0.2) is 0 Å². The number of benzene rings is 2. The highest BCUT2D eigenvalue weighted by molar-refractivity contribution is 5.92. The standard InChI is InChI=1S/C23H29N3O3/c1-19(27)26(13-12-23(28)25-16-14-24(2)15-17-25)21-8-10-22(11-9-21)29-18-20-6-4-3-5-7-20/h3-11H,12-18H2,1-2H3. The summed E-state index contributed by atoms with van der Waals surface area (Å²) in [6.07, 6.45) is 0.329. The quantitative estimate of drug-likeness (QED) is 0.723. The highest BCUT2D eigenvalue weighted by Gasteiger charge is 2.20. The average molecular weight is 396 g/mol. The number of carbonyl (C=O) groups excluding carboxylic acids is 2. The van der Waals surface area contributed by atoms with Gasteiger partial charge in [-0.15, -0.1) is 0 Å². The van der Waals surface area contributed by atoms with Gasteiger partial charge in [-0.05, 0) is 36.9 Å². The highest BCUT2D eigenvalue weighted by atomic mass is 16.5. The summed E-state index contributed by atoms with van der Waals surface area (Å²) >= 11 is 0. The number of nitrogens with zero attached hydrogens (tertiary/aromatic N) is 3. The van der Waals surface area contributed by atoms with Gasteiger partial charge in [0.2, 0.25) is 11.8 Å². The number of anilines is 1. The van der Waals surface area contributed by atoms with E-state index in [0.29, 0.717) is 19.6 Å². The van der Waals surface area contributed by atoms with E-state index in [4.69, 9.17) is 4.74 Å². The summed E-state index contributed by atoms with van der Waals surface area (Å²) in [5.74, 6) is 0.774. The molecule has 0 spiro atoms. The van der Waals surface area contributed by atoms with E-state index in [1.165, 1.54) is 6.92 Å². The third-order valence-electron chi connectivity index (χ3n) is 5.18. The third-order valence-corrected chi connectivity index (χ3v) is 5.18. The molecule has 0 aliphatic carbocycles. The second-order valence-corrected chi connectivity index (χ2v) is 7.37. The Balaban J connectivity index is 1.54. The molecule has 1 aliphatic rings. The zero-order chi connectivity index (χ0) is 20.6. The Labute approximate surface area is 172 Å². The second kappa shape index (κ2) is 10.1. The van der Waals surface area contributed by atoms with Crippen molar-refractivity contribution < 1.29 is 14.3 Å². The monoisotopic (exact) mass is 395 g/mol. The van der Waals surface area contributed by atoms with Crippen LogP contribution in [0.1, 0.15) is 18.9 Å². The van der Waals surface area contributed by atoms with E-state index in [2.05, 4.69) is 11.9 Å². The van der Waals surface area contributed by atoms with Crippen molar-refractivity contribution in [3.05, 3.63) is 60.2 Å². The lowest BCUT2D eigenvalue weighted by Gasteiger charge is -2.33. The minimum absolute atomic E-state index is 0.0749. The van der Waals surface area contributed by atoms with Crippen LogP contribution in [-0.2, 0) is 16.2 Å². The number of hydrogen-bond donors (Lipinski definition) is 0. The maximum Gasteiger partial charge on any atom is 0.224 e. The van der Waals surface area contributed by atoms with Gasteiger partial charge >= 0.3 is 0 Å². The molecule has 6 nitrogen and oxygen atoms in total. The molecule has 1 heterocycles. The number of hydrogen-bond acceptors (Lipinski definition) is 4. The second-order valence-electron chi connectivity index (χ2n) is 7.37. The Hall–Kier alpha value is -2.86. The maximum atomic E-state index is 12.5. The first-order chi connectivity index (χ1) is 14.0. The largest absolute Gasteiger partial charge is 0.489 e. The summed E-state index contributed by atoms with van der Waals surface area (Å²) in [5, 5.41) is 0. The van der Waals surface area contributed by atoms with Gasteiger partial charge in [0.15, 0.2) is 0 Å². The van der Waals surface area contributed by atoms with E-state index in [1.807, 2.05) is 59.5 Å². The van der Waals surface area contributed by atoms with Crippen LogP contribution < -0.4 is 9.64 Å². The average Bonchev–Trinajstić information content (AvgIpc) is 2.74. The van der Waals surface area contributed by atoms with Crippen LogP contribution in [0.4, 0.5) is 5.69 Å². The molecule has 0 N–H and O–H groups in total. The van der Waals surface area contributed by atoms with Crippen LogP contribution in [0.5, 0.6) is 5.75 Å². The number of carbonyl (C=O) groups is 2. The minimum Gasteiger partial charge on any atom is -0.489 e. The summed E-state index contributed by atoms with van der Waals surface area (Å²) in [6.45, 7) is 5.70. The first-order valence-corrected chi connectivity index (χ1v) is 10.0. The zero-order valence-electron chi connectivity index (χ0n) is 17.2. The van der Waals surface area contributed by atoms with Crippen LogP contribution in [0.3, 0.4) is 0 Å². The lowest BCUT2D eigenvalue weighted by Crippen LogP contribution is -2.47. The van der Waals surface area contributed by atoms with Crippen LogP contribution >= 0.6 is 0 Å². The van der Waals surface area contributed by atoms with Crippen molar-refractivity contribution in [1.82, 2.24) is 9.80 Å². The molecule has 29 heavy (non-hydrogen) atoms. The number of amides is 2. The molecule has 1 fully saturated rings. The summed E-state index contributed by atoms with van der Waals surface area (Å²) in [5.41, 5.74) is 1.88. The van der Waals surface area contributed by atoms with Gasteiger partial charge in [0.05, 0.1) is 0 Å². The van der Waals surface area contributed by atoms with Gasteiger partial charge in [0.1, 0.15) is 12.4 Å². The van der Waals surface area contributed by atoms with Gasteiger partial charge in [-0.1, -0.05) is 30.3 Å². The summed E-state index contributed by atoms with van der Waals surface area (Å²) in [6, 6.07) is 17.4. The summed E-state index contributed by atoms with van der Waals surface area (Å²) < 4.78 is 5.81. The van der Waals surface area contributed by atoms with Crippen LogP contribution in [0, 0.1) is 0 Å². The van der Waals surface area contributed by atoms with E-state index in [0.717, 1.165) is 43.2 Å². The van der Waals surface area contributed by atoms with E-state index in [1.54, 1.807) is 4.90 Å². The molecule has 2 aromatic carbocycles. The molecule has 1 aliphatic heterocycles. The molecule has 1 saturated heterocycles. The van der Waals surface area contributed by atoms with E-state index < -0.39 is 0 Å². The molecule has 0 bridgehead atoms. The van der Waals surface area contributed by atoms with Crippen LogP contribution in [0.25, 0.3) is 0 Å². The van der Waals surface area contributed by atoms with Crippen molar-refractivity contribution in [1.29, 1.82) is 0 Å². The molecule has 0 unspecified atom stereocenters. The van der Waals surface area contributed by atoms with Gasteiger partial charge in [0.25, 0.3) is 0 Å². The molecule has 2 amide bonds. The van der Waals surface area contributed by atoms with Gasteiger partial charge in [-0.2, -0.15) is 0 Å². The Morgan fingerprint density at radius 1 is 0.966 bits per heavy atom. The van der Waals surface area contributed by atoms with Crippen LogP contribution in [0.15, 0.2) is 54.6 Å². The maximum absolute atomic E-state index is 12.5. The lowest BCUT2D eigenvalue weighted by atomic mass is 10.2. The van der Waals surface area contributed by atoms with Gasteiger partial charge < -0.3 is 19.4 Å². The number of rotatable bonds is 7. The van der Waals surface area contributed by atoms with E-state index in [-0.39, 0.29) is 11.8 Å². The summed E-state index contributed by atoms with van der Waals surface area (Å²) in [4.78, 5) is 30.4. The molecule has 0 aromatic heterocycles. The minimum atomic E-state index is -0.0749. The molecule has 154 valence electrons. The highest BCUT2D eigenvalue weighted by Crippen LogP contribution is 2.21. The van der Waals surface area contributed by atoms with Crippen molar-refractivity contribution in [2.75, 3.05) is 44.7 Å². The van der Waals surface area contributed by atoms with Crippen molar-refractivity contribution >= 4 is 17.5 Å².